The molecular formula is C15H19ClN2OS2. The minimum Gasteiger partial charge on any atom is -0.378 e. The van der Waals surface area contributed by atoms with Crippen LogP contribution in [0.3, 0.4) is 0 Å². The lowest BCUT2D eigenvalue weighted by Crippen LogP contribution is -2.12. The smallest absolute Gasteiger partial charge is 0.104 e. The lowest BCUT2D eigenvalue weighted by Gasteiger charge is -2.00. The summed E-state index contributed by atoms with van der Waals surface area (Å²) in [5, 5.41) is 5.24. The largest absolute Gasteiger partial charge is 0.378 e. The third-order valence-electron chi connectivity index (χ3n) is 2.80. The fraction of sp³-hybridized carbons (Fsp3) is 0.400. The van der Waals surface area contributed by atoms with E-state index < -0.39 is 0 Å². The molecule has 0 unspecified atom stereocenters. The summed E-state index contributed by atoms with van der Waals surface area (Å²) in [6.07, 6.45) is 0. The molecule has 21 heavy (non-hydrogen) atoms. The molecule has 1 aromatic heterocycles. The van der Waals surface area contributed by atoms with Gasteiger partial charge in [-0.05, 0) is 24.7 Å². The fourth-order valence-electron chi connectivity index (χ4n) is 1.83. The summed E-state index contributed by atoms with van der Waals surface area (Å²) in [4.78, 5) is 7.12. The van der Waals surface area contributed by atoms with Gasteiger partial charge in [-0.3, -0.25) is 0 Å². The predicted molar refractivity (Wildman–Crippen MR) is 91.2 cm³/mol. The van der Waals surface area contributed by atoms with E-state index >= 15 is 0 Å². The van der Waals surface area contributed by atoms with Crippen LogP contribution in [0.25, 0.3) is 0 Å². The monoisotopic (exact) mass is 342 g/mol. The van der Waals surface area contributed by atoms with Crippen molar-refractivity contribution in [1.29, 1.82) is 0 Å². The highest BCUT2D eigenvalue weighted by Gasteiger charge is 2.11. The van der Waals surface area contributed by atoms with Crippen LogP contribution >= 0.6 is 34.7 Å². The summed E-state index contributed by atoms with van der Waals surface area (Å²) in [6.45, 7) is 4.48. The lowest BCUT2D eigenvalue weighted by molar-refractivity contribution is 0.181. The Morgan fingerprint density at radius 1 is 1.43 bits per heavy atom. The highest BCUT2D eigenvalue weighted by molar-refractivity contribution is 7.98. The number of rotatable bonds is 8. The van der Waals surface area contributed by atoms with Crippen LogP contribution in [-0.4, -0.2) is 18.6 Å². The third kappa shape index (κ3) is 5.27. The summed E-state index contributed by atoms with van der Waals surface area (Å²) in [5.41, 5.74) is 1.05. The highest BCUT2D eigenvalue weighted by atomic mass is 35.5. The first-order chi connectivity index (χ1) is 10.2. The summed E-state index contributed by atoms with van der Waals surface area (Å²) >= 11 is 9.51. The zero-order valence-electron chi connectivity index (χ0n) is 12.2. The molecule has 0 amide bonds. The number of ether oxygens (including phenoxy) is 1. The van der Waals surface area contributed by atoms with Gasteiger partial charge < -0.3 is 10.1 Å². The number of benzene rings is 1. The van der Waals surface area contributed by atoms with Crippen molar-refractivity contribution in [2.24, 2.45) is 0 Å². The van der Waals surface area contributed by atoms with Crippen LogP contribution in [0.4, 0.5) is 0 Å². The summed E-state index contributed by atoms with van der Waals surface area (Å²) < 4.78 is 5.23. The van der Waals surface area contributed by atoms with E-state index in [4.69, 9.17) is 21.3 Å². The number of halogens is 1. The normalized spacial score (nSPS) is 11.0. The second kappa shape index (κ2) is 8.76. The third-order valence-corrected chi connectivity index (χ3v) is 5.32. The number of methoxy groups -OCH3 is 1. The van der Waals surface area contributed by atoms with Crippen LogP contribution in [0.1, 0.15) is 22.5 Å². The van der Waals surface area contributed by atoms with Crippen LogP contribution < -0.4 is 5.32 Å². The molecule has 6 heteroatoms. The molecule has 0 saturated heterocycles. The minimum absolute atomic E-state index is 0.569. The summed E-state index contributed by atoms with van der Waals surface area (Å²) in [6, 6.07) is 7.91. The number of hydrogen-bond acceptors (Lipinski definition) is 5. The lowest BCUT2D eigenvalue weighted by atomic mass is 10.3. The van der Waals surface area contributed by atoms with E-state index in [0.29, 0.717) is 6.61 Å². The van der Waals surface area contributed by atoms with E-state index in [2.05, 4.69) is 18.3 Å². The van der Waals surface area contributed by atoms with Gasteiger partial charge in [-0.15, -0.1) is 23.1 Å². The number of nitrogens with zero attached hydrogens (tertiary/aromatic N) is 1. The molecule has 2 rings (SSSR count). The number of aromatic nitrogens is 1. The van der Waals surface area contributed by atoms with Gasteiger partial charge in [0.05, 0.1) is 18.1 Å². The molecule has 0 radical (unpaired) electrons. The zero-order chi connectivity index (χ0) is 15.1. The first-order valence-corrected chi connectivity index (χ1v) is 8.96. The molecule has 2 aromatic rings. The summed E-state index contributed by atoms with van der Waals surface area (Å²) in [7, 11) is 1.71. The van der Waals surface area contributed by atoms with E-state index in [-0.39, 0.29) is 0 Å². The Bertz CT molecular complexity index is 575. The Kier molecular flexibility index (Phi) is 6.99. The SMILES string of the molecule is CCNCc1sc(CSc2cccc(Cl)c2)nc1COC. The summed E-state index contributed by atoms with van der Waals surface area (Å²) in [5.74, 6) is 0.855. The maximum Gasteiger partial charge on any atom is 0.104 e. The van der Waals surface area contributed by atoms with E-state index in [1.54, 1.807) is 30.2 Å². The standard InChI is InChI=1S/C15H19ClN2OS2/c1-3-17-8-14-13(9-19-2)18-15(21-14)10-20-12-6-4-5-11(16)7-12/h4-7,17H,3,8-10H2,1-2H3. The van der Waals surface area contributed by atoms with E-state index in [1.807, 2.05) is 18.2 Å². The molecule has 0 saturated carbocycles. The Morgan fingerprint density at radius 3 is 3.00 bits per heavy atom. The fourth-order valence-corrected chi connectivity index (χ4v) is 4.07. The van der Waals surface area contributed by atoms with Crippen LogP contribution in [0.5, 0.6) is 0 Å². The van der Waals surface area contributed by atoms with Crippen molar-refractivity contribution in [2.75, 3.05) is 13.7 Å². The second-order valence-electron chi connectivity index (χ2n) is 4.44. The molecule has 0 fully saturated rings. The van der Waals surface area contributed by atoms with Gasteiger partial charge in [-0.1, -0.05) is 24.6 Å². The van der Waals surface area contributed by atoms with Crippen molar-refractivity contribution in [3.05, 3.63) is 44.9 Å². The van der Waals surface area contributed by atoms with Crippen molar-refractivity contribution >= 4 is 34.7 Å². The van der Waals surface area contributed by atoms with Crippen molar-refractivity contribution in [2.45, 2.75) is 30.7 Å². The van der Waals surface area contributed by atoms with Crippen molar-refractivity contribution < 1.29 is 4.74 Å². The van der Waals surface area contributed by atoms with Gasteiger partial charge in [-0.2, -0.15) is 0 Å². The van der Waals surface area contributed by atoms with Gasteiger partial charge in [0.1, 0.15) is 5.01 Å². The Morgan fingerprint density at radius 2 is 2.29 bits per heavy atom. The first-order valence-electron chi connectivity index (χ1n) is 6.78. The first kappa shape index (κ1) is 16.8. The molecule has 1 heterocycles. The average molecular weight is 343 g/mol. The van der Waals surface area contributed by atoms with Crippen molar-refractivity contribution in [3.63, 3.8) is 0 Å². The maximum absolute atomic E-state index is 6.00. The molecule has 0 bridgehead atoms. The zero-order valence-corrected chi connectivity index (χ0v) is 14.6. The number of hydrogen-bond donors (Lipinski definition) is 1. The number of nitrogens with one attached hydrogen (secondary N) is 1. The molecule has 0 aliphatic heterocycles. The Balaban J connectivity index is 2.02. The van der Waals surface area contributed by atoms with E-state index in [1.165, 1.54) is 9.77 Å². The van der Waals surface area contributed by atoms with Crippen LogP contribution in [0.2, 0.25) is 5.02 Å². The highest BCUT2D eigenvalue weighted by Crippen LogP contribution is 2.28. The van der Waals surface area contributed by atoms with Crippen molar-refractivity contribution in [1.82, 2.24) is 10.3 Å². The van der Waals surface area contributed by atoms with Gasteiger partial charge in [0.15, 0.2) is 0 Å². The molecule has 1 N–H and O–H groups in total. The molecule has 0 aliphatic rings. The molecule has 1 aromatic carbocycles. The van der Waals surface area contributed by atoms with Crippen molar-refractivity contribution in [3.8, 4) is 0 Å². The molecule has 0 spiro atoms. The van der Waals surface area contributed by atoms with E-state index in [0.717, 1.165) is 34.6 Å². The minimum atomic E-state index is 0.569. The number of thioether (sulfide) groups is 1. The van der Waals surface area contributed by atoms with Crippen LogP contribution in [-0.2, 0) is 23.6 Å². The van der Waals surface area contributed by atoms with Gasteiger partial charge in [0.25, 0.3) is 0 Å². The Labute approximate surface area is 139 Å². The van der Waals surface area contributed by atoms with E-state index in [9.17, 15) is 0 Å². The molecule has 0 aliphatic carbocycles. The number of thiazole rings is 1. The molecule has 114 valence electrons. The van der Waals surface area contributed by atoms with Crippen LogP contribution in [0.15, 0.2) is 29.2 Å². The quantitative estimate of drug-likeness (QED) is 0.723. The van der Waals surface area contributed by atoms with Gasteiger partial charge in [0.2, 0.25) is 0 Å². The second-order valence-corrected chi connectivity index (χ2v) is 7.09. The molecule has 3 nitrogen and oxygen atoms in total. The maximum atomic E-state index is 6.00. The molecular weight excluding hydrogens is 324 g/mol. The molecule has 0 atom stereocenters. The van der Waals surface area contributed by atoms with Crippen LogP contribution in [0, 0.1) is 0 Å². The van der Waals surface area contributed by atoms with Gasteiger partial charge in [-0.25, -0.2) is 4.98 Å². The van der Waals surface area contributed by atoms with Gasteiger partial charge in [0, 0.05) is 28.4 Å². The average Bonchev–Trinajstić information content (AvgIpc) is 2.86. The van der Waals surface area contributed by atoms with Gasteiger partial charge >= 0.3 is 0 Å². The topological polar surface area (TPSA) is 34.2 Å². The Hall–Kier alpha value is -0.590. The predicted octanol–water partition coefficient (Wildman–Crippen LogP) is 4.34.